The maximum absolute atomic E-state index is 14.1. The second-order valence-electron chi connectivity index (χ2n) is 5.93. The normalized spacial score (nSPS) is 11.0. The molecular formula is C20H17FN4O2. The van der Waals surface area contributed by atoms with Gasteiger partial charge in [0.25, 0.3) is 0 Å². The third kappa shape index (κ3) is 3.63. The van der Waals surface area contributed by atoms with E-state index in [2.05, 4.69) is 15.3 Å². The maximum Gasteiger partial charge on any atom is 0.237 e. The van der Waals surface area contributed by atoms with Crippen LogP contribution in [0.5, 0.6) is 11.6 Å². The number of fused-ring (bicyclic) bond motifs is 1. The van der Waals surface area contributed by atoms with Gasteiger partial charge in [-0.2, -0.15) is 4.52 Å². The minimum atomic E-state index is -0.383. The fraction of sp³-hybridized carbons (Fsp3) is 0.150. The van der Waals surface area contributed by atoms with Gasteiger partial charge in [0.15, 0.2) is 11.5 Å². The largest absolute Gasteiger partial charge is 0.438 e. The Morgan fingerprint density at radius 1 is 0.963 bits per heavy atom. The number of rotatable bonds is 6. The summed E-state index contributed by atoms with van der Waals surface area (Å²) in [4.78, 5) is 0. The van der Waals surface area contributed by atoms with Crippen LogP contribution in [0.1, 0.15) is 5.56 Å². The van der Waals surface area contributed by atoms with Gasteiger partial charge < -0.3 is 9.47 Å². The van der Waals surface area contributed by atoms with Crippen molar-refractivity contribution in [2.45, 2.75) is 6.42 Å². The molecule has 0 saturated carbocycles. The first-order valence-corrected chi connectivity index (χ1v) is 8.48. The van der Waals surface area contributed by atoms with Crippen molar-refractivity contribution in [1.82, 2.24) is 19.8 Å². The molecule has 0 fully saturated rings. The van der Waals surface area contributed by atoms with E-state index < -0.39 is 0 Å². The number of ether oxygens (including phenoxy) is 2. The molecule has 0 spiro atoms. The monoisotopic (exact) mass is 364 g/mol. The van der Waals surface area contributed by atoms with Crippen LogP contribution in [0.2, 0.25) is 0 Å². The molecule has 27 heavy (non-hydrogen) atoms. The summed E-state index contributed by atoms with van der Waals surface area (Å²) >= 11 is 0. The van der Waals surface area contributed by atoms with Gasteiger partial charge in [-0.3, -0.25) is 0 Å². The van der Waals surface area contributed by atoms with E-state index in [-0.39, 0.29) is 5.82 Å². The fourth-order valence-corrected chi connectivity index (χ4v) is 2.70. The minimum Gasteiger partial charge on any atom is -0.438 e. The maximum atomic E-state index is 14.1. The van der Waals surface area contributed by atoms with E-state index in [0.717, 1.165) is 12.0 Å². The lowest BCUT2D eigenvalue weighted by atomic mass is 10.1. The van der Waals surface area contributed by atoms with Gasteiger partial charge in [0.2, 0.25) is 5.88 Å². The average Bonchev–Trinajstić information content (AvgIpc) is 3.11. The molecule has 0 saturated heterocycles. The van der Waals surface area contributed by atoms with Gasteiger partial charge in [-0.25, -0.2) is 4.39 Å². The zero-order valence-electron chi connectivity index (χ0n) is 14.7. The van der Waals surface area contributed by atoms with Crippen molar-refractivity contribution in [3.63, 3.8) is 0 Å². The summed E-state index contributed by atoms with van der Waals surface area (Å²) in [6.45, 7) is 0.672. The lowest BCUT2D eigenvalue weighted by Gasteiger charge is -2.07. The quantitative estimate of drug-likeness (QED) is 0.519. The molecule has 0 amide bonds. The zero-order chi connectivity index (χ0) is 18.6. The molecular weight excluding hydrogens is 347 g/mol. The van der Waals surface area contributed by atoms with Gasteiger partial charge in [0.1, 0.15) is 11.6 Å². The van der Waals surface area contributed by atoms with Gasteiger partial charge in [-0.1, -0.05) is 24.3 Å². The third-order valence-electron chi connectivity index (χ3n) is 4.09. The van der Waals surface area contributed by atoms with Gasteiger partial charge in [-0.15, -0.1) is 15.3 Å². The van der Waals surface area contributed by atoms with E-state index >= 15 is 0 Å². The molecule has 2 aromatic carbocycles. The lowest BCUT2D eigenvalue weighted by molar-refractivity contribution is 0.202. The summed E-state index contributed by atoms with van der Waals surface area (Å²) in [7, 11) is 1.68. The van der Waals surface area contributed by atoms with Crippen LogP contribution in [0, 0.1) is 5.82 Å². The minimum absolute atomic E-state index is 0.323. The van der Waals surface area contributed by atoms with Crippen LogP contribution in [-0.4, -0.2) is 33.5 Å². The Labute approximate surface area is 155 Å². The molecule has 4 rings (SSSR count). The molecule has 2 aromatic heterocycles. The molecule has 0 aliphatic rings. The number of benzene rings is 2. The van der Waals surface area contributed by atoms with Gasteiger partial charge >= 0.3 is 0 Å². The van der Waals surface area contributed by atoms with Crippen LogP contribution in [0.3, 0.4) is 0 Å². The summed E-state index contributed by atoms with van der Waals surface area (Å²) in [5.41, 5.74) is 2.00. The van der Waals surface area contributed by atoms with Crippen LogP contribution in [0.25, 0.3) is 17.0 Å². The summed E-state index contributed by atoms with van der Waals surface area (Å²) in [6.07, 6.45) is 0.841. The molecule has 0 atom stereocenters. The molecule has 136 valence electrons. The first-order valence-electron chi connectivity index (χ1n) is 8.48. The van der Waals surface area contributed by atoms with Crippen LogP contribution in [-0.2, 0) is 11.2 Å². The van der Waals surface area contributed by atoms with Crippen molar-refractivity contribution in [1.29, 1.82) is 0 Å². The molecule has 7 heteroatoms. The van der Waals surface area contributed by atoms with Gasteiger partial charge in [0, 0.05) is 13.2 Å². The zero-order valence-corrected chi connectivity index (χ0v) is 14.7. The highest BCUT2D eigenvalue weighted by Crippen LogP contribution is 2.24. The van der Waals surface area contributed by atoms with E-state index in [1.165, 1.54) is 10.6 Å². The van der Waals surface area contributed by atoms with Crippen molar-refractivity contribution < 1.29 is 13.9 Å². The first-order chi connectivity index (χ1) is 13.2. The summed E-state index contributed by atoms with van der Waals surface area (Å²) in [5, 5.41) is 12.5. The Morgan fingerprint density at radius 2 is 1.78 bits per heavy atom. The predicted molar refractivity (Wildman–Crippen MR) is 98.3 cm³/mol. The standard InChI is InChI=1S/C20H17FN4O2/c1-26-13-12-14-6-8-15(9-7-14)27-19-11-10-18-22-23-20(25(18)24-19)16-4-2-3-5-17(16)21/h2-11H,12-13H2,1H3. The predicted octanol–water partition coefficient (Wildman–Crippen LogP) is 3.91. The number of hydrogen-bond donors (Lipinski definition) is 0. The molecule has 2 heterocycles. The van der Waals surface area contributed by atoms with Crippen molar-refractivity contribution in [3.05, 3.63) is 72.0 Å². The van der Waals surface area contributed by atoms with Crippen LogP contribution < -0.4 is 4.74 Å². The smallest absolute Gasteiger partial charge is 0.237 e. The molecule has 6 nitrogen and oxygen atoms in total. The fourth-order valence-electron chi connectivity index (χ4n) is 2.70. The summed E-state index contributed by atoms with van der Waals surface area (Å²) in [5.74, 6) is 0.961. The third-order valence-corrected chi connectivity index (χ3v) is 4.09. The van der Waals surface area contributed by atoms with Crippen LogP contribution >= 0.6 is 0 Å². The molecule has 0 aliphatic heterocycles. The van der Waals surface area contributed by atoms with Crippen LogP contribution in [0.15, 0.2) is 60.7 Å². The first kappa shape index (κ1) is 17.1. The number of halogens is 1. The second-order valence-corrected chi connectivity index (χ2v) is 5.93. The highest BCUT2D eigenvalue weighted by Gasteiger charge is 2.14. The molecule has 0 aliphatic carbocycles. The molecule has 0 unspecified atom stereocenters. The van der Waals surface area contributed by atoms with E-state index in [9.17, 15) is 4.39 Å². The second kappa shape index (κ2) is 7.51. The van der Waals surface area contributed by atoms with Crippen molar-refractivity contribution in [3.8, 4) is 23.0 Å². The SMILES string of the molecule is COCCc1ccc(Oc2ccc3nnc(-c4ccccc4F)n3n2)cc1. The number of aromatic nitrogens is 4. The Bertz CT molecular complexity index is 1060. The number of nitrogens with zero attached hydrogens (tertiary/aromatic N) is 4. The van der Waals surface area contributed by atoms with E-state index in [1.54, 1.807) is 37.4 Å². The van der Waals surface area contributed by atoms with E-state index in [4.69, 9.17) is 9.47 Å². The highest BCUT2D eigenvalue weighted by molar-refractivity contribution is 5.59. The number of methoxy groups -OCH3 is 1. The van der Waals surface area contributed by atoms with Gasteiger partial charge in [0.05, 0.1) is 12.2 Å². The van der Waals surface area contributed by atoms with E-state index in [1.807, 2.05) is 24.3 Å². The lowest BCUT2D eigenvalue weighted by Crippen LogP contribution is -1.99. The Balaban J connectivity index is 1.62. The van der Waals surface area contributed by atoms with E-state index in [0.29, 0.717) is 35.3 Å². The Morgan fingerprint density at radius 3 is 2.56 bits per heavy atom. The molecule has 0 N–H and O–H groups in total. The van der Waals surface area contributed by atoms with Crippen molar-refractivity contribution in [2.24, 2.45) is 0 Å². The Hall–Kier alpha value is -3.32. The van der Waals surface area contributed by atoms with Gasteiger partial charge in [-0.05, 0) is 42.3 Å². The average molecular weight is 364 g/mol. The topological polar surface area (TPSA) is 61.5 Å². The van der Waals surface area contributed by atoms with Crippen molar-refractivity contribution in [2.75, 3.05) is 13.7 Å². The summed E-state index contributed by atoms with van der Waals surface area (Å²) < 4.78 is 26.5. The Kier molecular flexibility index (Phi) is 4.76. The van der Waals surface area contributed by atoms with Crippen molar-refractivity contribution >= 4 is 5.65 Å². The number of hydrogen-bond acceptors (Lipinski definition) is 5. The summed E-state index contributed by atoms with van der Waals surface area (Å²) in [6, 6.07) is 17.5. The van der Waals surface area contributed by atoms with Crippen LogP contribution in [0.4, 0.5) is 4.39 Å². The molecule has 0 radical (unpaired) electrons. The molecule has 0 bridgehead atoms. The molecule has 4 aromatic rings. The highest BCUT2D eigenvalue weighted by atomic mass is 19.1.